The number of rotatable bonds is 8. The van der Waals surface area contributed by atoms with Gasteiger partial charge in [-0.25, -0.2) is 10.4 Å². The molecule has 4 atom stereocenters. The number of fused-ring (bicyclic) bond motifs is 1. The molecule has 1 aliphatic carbocycles. The molecular weight excluding hydrogens is 494 g/mol. The molecule has 3 saturated heterocycles. The van der Waals surface area contributed by atoms with Crippen LogP contribution in [-0.4, -0.2) is 82.5 Å². The summed E-state index contributed by atoms with van der Waals surface area (Å²) in [4.78, 5) is 27.0. The number of anilines is 2. The maximum absolute atomic E-state index is 13.3. The van der Waals surface area contributed by atoms with Gasteiger partial charge in [-0.15, -0.1) is 0 Å². The molecule has 39 heavy (non-hydrogen) atoms. The maximum atomic E-state index is 13.3. The van der Waals surface area contributed by atoms with E-state index in [4.69, 9.17) is 0 Å². The Labute approximate surface area is 230 Å². The van der Waals surface area contributed by atoms with E-state index in [1.54, 1.807) is 6.20 Å². The molecule has 10 heteroatoms. The van der Waals surface area contributed by atoms with E-state index in [0.29, 0.717) is 24.7 Å². The number of nitrogens with zero attached hydrogens (tertiary/aromatic N) is 4. The maximum Gasteiger partial charge on any atom is 0.243 e. The highest BCUT2D eigenvalue weighted by atomic mass is 16.3. The zero-order valence-corrected chi connectivity index (χ0v) is 22.6. The number of aromatic nitrogens is 2. The second kappa shape index (κ2) is 11.5. The van der Waals surface area contributed by atoms with Crippen LogP contribution in [-0.2, 0) is 11.3 Å². The molecule has 210 valence electrons. The number of likely N-dealkylation sites (tertiary alicyclic amines) is 1. The van der Waals surface area contributed by atoms with Gasteiger partial charge < -0.3 is 20.4 Å². The third-order valence-corrected chi connectivity index (χ3v) is 9.24. The van der Waals surface area contributed by atoms with Gasteiger partial charge in [-0.1, -0.05) is 12.5 Å². The van der Waals surface area contributed by atoms with E-state index >= 15 is 0 Å². The average molecular weight is 536 g/mol. The molecule has 4 unspecified atom stereocenters. The van der Waals surface area contributed by atoms with Crippen LogP contribution < -0.4 is 21.1 Å². The molecule has 4 fully saturated rings. The third kappa shape index (κ3) is 5.67. The van der Waals surface area contributed by atoms with Crippen LogP contribution in [0.25, 0.3) is 0 Å². The number of hydrazine groups is 1. The van der Waals surface area contributed by atoms with Crippen molar-refractivity contribution in [2.45, 2.75) is 63.1 Å². The van der Waals surface area contributed by atoms with Crippen LogP contribution in [0.3, 0.4) is 0 Å². The lowest BCUT2D eigenvalue weighted by Gasteiger charge is -2.48. The normalized spacial score (nSPS) is 28.5. The topological polar surface area (TPSA) is 126 Å². The third-order valence-electron chi connectivity index (χ3n) is 9.24. The summed E-state index contributed by atoms with van der Waals surface area (Å²) in [7, 11) is 0. The second-order valence-corrected chi connectivity index (χ2v) is 12.1. The Balaban J connectivity index is 1.06. The van der Waals surface area contributed by atoms with Crippen molar-refractivity contribution in [3.63, 3.8) is 0 Å². The number of hydrogen-bond donors (Lipinski definition) is 5. The van der Waals surface area contributed by atoms with E-state index in [1.807, 2.05) is 29.4 Å². The fraction of sp³-hybridized carbons (Fsp3) is 0.621. The molecule has 2 aromatic rings. The molecule has 0 bridgehead atoms. The molecule has 1 saturated carbocycles. The van der Waals surface area contributed by atoms with Crippen molar-refractivity contribution in [3.8, 4) is 0 Å². The van der Waals surface area contributed by atoms with Gasteiger partial charge in [0.15, 0.2) is 0 Å². The minimum Gasteiger partial charge on any atom is -0.396 e. The van der Waals surface area contributed by atoms with Crippen molar-refractivity contribution in [1.29, 1.82) is 0 Å². The molecule has 1 amide bonds. The lowest BCUT2D eigenvalue weighted by molar-refractivity contribution is -0.119. The number of pyridine rings is 2. The van der Waals surface area contributed by atoms with Crippen LogP contribution in [0.2, 0.25) is 0 Å². The summed E-state index contributed by atoms with van der Waals surface area (Å²) in [6.07, 6.45) is 12.7. The SMILES string of the molecule is O=C(Nc1ccc(N2CC(CO)(CO)C2)nc1)C1NNC2CCC(c3cncc(CN4CCCCC4)c3)CC21. The zero-order chi connectivity index (χ0) is 26.8. The molecule has 4 aliphatic rings. The van der Waals surface area contributed by atoms with Gasteiger partial charge >= 0.3 is 0 Å². The van der Waals surface area contributed by atoms with E-state index in [0.717, 1.165) is 31.6 Å². The van der Waals surface area contributed by atoms with E-state index in [1.165, 1.54) is 43.5 Å². The van der Waals surface area contributed by atoms with Crippen molar-refractivity contribution in [2.24, 2.45) is 11.3 Å². The van der Waals surface area contributed by atoms with Crippen LogP contribution in [0.1, 0.15) is 55.6 Å². The Morgan fingerprint density at radius 2 is 1.87 bits per heavy atom. The van der Waals surface area contributed by atoms with Gasteiger partial charge in [-0.2, -0.15) is 0 Å². The van der Waals surface area contributed by atoms with Crippen molar-refractivity contribution in [1.82, 2.24) is 25.7 Å². The van der Waals surface area contributed by atoms with Crippen LogP contribution >= 0.6 is 0 Å². The van der Waals surface area contributed by atoms with Gasteiger partial charge in [-0.05, 0) is 74.4 Å². The van der Waals surface area contributed by atoms with Gasteiger partial charge in [0.05, 0.1) is 30.5 Å². The number of carbonyl (C=O) groups is 1. The first-order valence-corrected chi connectivity index (χ1v) is 14.5. The number of hydrogen-bond acceptors (Lipinski definition) is 9. The molecular formula is C29H41N7O3. The molecule has 0 aromatic carbocycles. The summed E-state index contributed by atoms with van der Waals surface area (Å²) in [6, 6.07) is 6.05. The van der Waals surface area contributed by atoms with Crippen LogP contribution in [0, 0.1) is 11.3 Å². The molecule has 10 nitrogen and oxygen atoms in total. The van der Waals surface area contributed by atoms with Crippen LogP contribution in [0.5, 0.6) is 0 Å². The first-order chi connectivity index (χ1) is 19.1. The van der Waals surface area contributed by atoms with Crippen molar-refractivity contribution in [2.75, 3.05) is 49.6 Å². The van der Waals surface area contributed by atoms with E-state index < -0.39 is 5.41 Å². The monoisotopic (exact) mass is 535 g/mol. The quantitative estimate of drug-likeness (QED) is 0.343. The molecule has 0 radical (unpaired) electrons. The fourth-order valence-electron chi connectivity index (χ4n) is 6.86. The molecule has 5 heterocycles. The summed E-state index contributed by atoms with van der Waals surface area (Å²) < 4.78 is 0. The zero-order valence-electron chi connectivity index (χ0n) is 22.6. The number of carbonyl (C=O) groups excluding carboxylic acids is 1. The van der Waals surface area contributed by atoms with Gasteiger partial charge in [0.1, 0.15) is 11.9 Å². The number of piperidine rings is 1. The predicted molar refractivity (Wildman–Crippen MR) is 149 cm³/mol. The van der Waals surface area contributed by atoms with Crippen molar-refractivity contribution in [3.05, 3.63) is 47.9 Å². The number of amides is 1. The van der Waals surface area contributed by atoms with Crippen molar-refractivity contribution >= 4 is 17.4 Å². The summed E-state index contributed by atoms with van der Waals surface area (Å²) >= 11 is 0. The lowest BCUT2D eigenvalue weighted by atomic mass is 9.73. The first kappa shape index (κ1) is 26.6. The minimum atomic E-state index is -0.450. The summed E-state index contributed by atoms with van der Waals surface area (Å²) in [5.74, 6) is 1.33. The Morgan fingerprint density at radius 3 is 2.62 bits per heavy atom. The van der Waals surface area contributed by atoms with E-state index in [-0.39, 0.29) is 37.1 Å². The predicted octanol–water partition coefficient (Wildman–Crippen LogP) is 1.62. The second-order valence-electron chi connectivity index (χ2n) is 12.1. The molecule has 5 N–H and O–H groups in total. The van der Waals surface area contributed by atoms with E-state index in [9.17, 15) is 15.0 Å². The summed E-state index contributed by atoms with van der Waals surface area (Å²) in [6.45, 7) is 4.38. The number of nitrogens with one attached hydrogen (secondary N) is 3. The standard InChI is InChI=1S/C29H41N7O3/c37-18-29(19-38)16-36(17-29)26-7-5-23(14-31-26)32-28(39)27-24-11-21(4-6-25(24)33-34-27)22-10-20(12-30-13-22)15-35-8-2-1-3-9-35/h5,7,10,12-14,21,24-25,27,33-34,37-38H,1-4,6,8-9,11,15-19H2,(H,32,39). The minimum absolute atomic E-state index is 0.0415. The Bertz CT molecular complexity index is 1130. The summed E-state index contributed by atoms with van der Waals surface area (Å²) in [5, 5.41) is 22.1. The van der Waals surface area contributed by atoms with Gasteiger partial charge in [0, 0.05) is 44.0 Å². The molecule has 6 rings (SSSR count). The van der Waals surface area contributed by atoms with Gasteiger partial charge in [0.2, 0.25) is 5.91 Å². The van der Waals surface area contributed by atoms with Gasteiger partial charge in [0.25, 0.3) is 0 Å². The first-order valence-electron chi connectivity index (χ1n) is 14.5. The van der Waals surface area contributed by atoms with E-state index in [2.05, 4.69) is 37.1 Å². The lowest BCUT2D eigenvalue weighted by Crippen LogP contribution is -2.60. The van der Waals surface area contributed by atoms with Crippen LogP contribution in [0.15, 0.2) is 36.8 Å². The van der Waals surface area contributed by atoms with Crippen LogP contribution in [0.4, 0.5) is 11.5 Å². The Morgan fingerprint density at radius 1 is 1.05 bits per heavy atom. The Hall–Kier alpha value is -2.63. The molecule has 2 aromatic heterocycles. The van der Waals surface area contributed by atoms with Gasteiger partial charge in [-0.3, -0.25) is 20.1 Å². The summed E-state index contributed by atoms with van der Waals surface area (Å²) in [5.41, 5.74) is 9.44. The average Bonchev–Trinajstić information content (AvgIpc) is 3.38. The number of aliphatic hydroxyl groups is 2. The van der Waals surface area contributed by atoms with Crippen molar-refractivity contribution < 1.29 is 15.0 Å². The highest BCUT2D eigenvalue weighted by Gasteiger charge is 2.44. The largest absolute Gasteiger partial charge is 0.396 e. The molecule has 3 aliphatic heterocycles. The highest BCUT2D eigenvalue weighted by molar-refractivity contribution is 5.95. The highest BCUT2D eigenvalue weighted by Crippen LogP contribution is 2.40. The molecule has 0 spiro atoms. The smallest absolute Gasteiger partial charge is 0.243 e. The fourth-order valence-corrected chi connectivity index (χ4v) is 6.86. The Kier molecular flexibility index (Phi) is 7.82. The number of aliphatic hydroxyl groups excluding tert-OH is 2.